The van der Waals surface area contributed by atoms with Crippen LogP contribution in [0.1, 0.15) is 0 Å². The molecule has 9 heavy (non-hydrogen) atoms. The van der Waals surface area contributed by atoms with Crippen molar-refractivity contribution in [2.75, 3.05) is 27.2 Å². The van der Waals surface area contributed by atoms with Crippen LogP contribution in [-0.2, 0) is 0 Å². The van der Waals surface area contributed by atoms with Crippen LogP contribution in [0, 0.1) is 0 Å². The van der Waals surface area contributed by atoms with Gasteiger partial charge in [0.05, 0.1) is 0 Å². The number of nitrogens with one attached hydrogen (secondary N) is 1. The Kier molecular flexibility index (Phi) is 7.18. The lowest BCUT2D eigenvalue weighted by molar-refractivity contribution is 0.169. The topological polar surface area (TPSA) is 15.3 Å². The van der Waals surface area contributed by atoms with E-state index in [9.17, 15) is 0 Å². The zero-order chi connectivity index (χ0) is 5.28. The van der Waals surface area contributed by atoms with Gasteiger partial charge in [-0.3, -0.25) is 0 Å². The van der Waals surface area contributed by atoms with Crippen molar-refractivity contribution in [1.82, 2.24) is 10.2 Å². The second-order valence-electron chi connectivity index (χ2n) is 2.21. The molecule has 0 aromatic heterocycles. The molecule has 1 fully saturated rings. The summed E-state index contributed by atoms with van der Waals surface area (Å²) in [4.78, 5) is 2.29. The zero-order valence-electron chi connectivity index (χ0n) is 5.76. The van der Waals surface area contributed by atoms with E-state index in [0.29, 0.717) is 0 Å². The fourth-order valence-corrected chi connectivity index (χ4v) is 0.882. The molecule has 0 aromatic rings. The molecular weight excluding hydrogens is 159 g/mol. The highest BCUT2D eigenvalue weighted by atomic mass is 35.5. The fourth-order valence-electron chi connectivity index (χ4n) is 0.882. The Balaban J connectivity index is 0. The molecule has 0 atom stereocenters. The lowest BCUT2D eigenvalue weighted by Gasteiger charge is -2.35. The van der Waals surface area contributed by atoms with Crippen molar-refractivity contribution in [2.45, 2.75) is 6.04 Å². The molecule has 0 saturated carbocycles. The Morgan fingerprint density at radius 2 is 1.78 bits per heavy atom. The first-order valence-corrected chi connectivity index (χ1v) is 2.68. The van der Waals surface area contributed by atoms with Gasteiger partial charge in [-0.05, 0) is 14.1 Å². The molecular formula is C5H14Cl2N2. The van der Waals surface area contributed by atoms with Crippen molar-refractivity contribution >= 4 is 24.8 Å². The molecule has 58 valence electrons. The first kappa shape index (κ1) is 12.2. The quantitative estimate of drug-likeness (QED) is 0.616. The summed E-state index contributed by atoms with van der Waals surface area (Å²) in [7, 11) is 4.14. The third-order valence-electron chi connectivity index (χ3n) is 1.47. The van der Waals surface area contributed by atoms with Crippen LogP contribution >= 0.6 is 24.8 Å². The van der Waals surface area contributed by atoms with Gasteiger partial charge >= 0.3 is 0 Å². The van der Waals surface area contributed by atoms with Crippen LogP contribution in [0.4, 0.5) is 0 Å². The minimum atomic E-state index is 0. The fraction of sp³-hybridized carbons (Fsp3) is 1.00. The average molecular weight is 173 g/mol. The van der Waals surface area contributed by atoms with E-state index in [2.05, 4.69) is 17.3 Å². The van der Waals surface area contributed by atoms with E-state index in [0.717, 1.165) is 6.04 Å². The maximum absolute atomic E-state index is 3.19. The van der Waals surface area contributed by atoms with Gasteiger partial charge in [-0.25, -0.2) is 0 Å². The van der Waals surface area contributed by atoms with Gasteiger partial charge in [0.15, 0.2) is 0 Å². The van der Waals surface area contributed by atoms with Crippen LogP contribution in [0.15, 0.2) is 0 Å². The molecule has 1 N–H and O–H groups in total. The minimum absolute atomic E-state index is 0. The SMILES string of the molecule is CNC1CN(C)C1.Cl.Cl. The highest BCUT2D eigenvalue weighted by molar-refractivity contribution is 5.85. The largest absolute Gasteiger partial charge is 0.315 e. The van der Waals surface area contributed by atoms with Crippen LogP contribution in [0.2, 0.25) is 0 Å². The predicted molar refractivity (Wildman–Crippen MR) is 44.8 cm³/mol. The first-order valence-electron chi connectivity index (χ1n) is 2.68. The van der Waals surface area contributed by atoms with E-state index in [1.807, 2.05) is 7.05 Å². The molecule has 0 aliphatic carbocycles. The second kappa shape index (κ2) is 5.30. The smallest absolute Gasteiger partial charge is 0.0319 e. The molecule has 0 aromatic carbocycles. The van der Waals surface area contributed by atoms with Crippen LogP contribution in [-0.4, -0.2) is 38.1 Å². The summed E-state index contributed by atoms with van der Waals surface area (Å²) >= 11 is 0. The molecule has 1 rings (SSSR count). The Bertz CT molecular complexity index is 64.0. The Hall–Kier alpha value is 0.500. The average Bonchev–Trinajstić information content (AvgIpc) is 1.58. The summed E-state index contributed by atoms with van der Waals surface area (Å²) in [5.41, 5.74) is 0. The van der Waals surface area contributed by atoms with Crippen molar-refractivity contribution in [2.24, 2.45) is 0 Å². The minimum Gasteiger partial charge on any atom is -0.315 e. The molecule has 4 heteroatoms. The monoisotopic (exact) mass is 172 g/mol. The van der Waals surface area contributed by atoms with Crippen molar-refractivity contribution in [3.05, 3.63) is 0 Å². The molecule has 1 aliphatic heterocycles. The van der Waals surface area contributed by atoms with Crippen molar-refractivity contribution in [1.29, 1.82) is 0 Å². The third kappa shape index (κ3) is 3.26. The summed E-state index contributed by atoms with van der Waals surface area (Å²) in [6.45, 7) is 2.44. The molecule has 0 bridgehead atoms. The zero-order valence-corrected chi connectivity index (χ0v) is 7.39. The highest BCUT2D eigenvalue weighted by Crippen LogP contribution is 2.00. The number of hydrogen-bond donors (Lipinski definition) is 1. The molecule has 0 unspecified atom stereocenters. The summed E-state index contributed by atoms with van der Waals surface area (Å²) in [5, 5.41) is 3.19. The van der Waals surface area contributed by atoms with E-state index in [4.69, 9.17) is 0 Å². The van der Waals surface area contributed by atoms with Crippen LogP contribution in [0.5, 0.6) is 0 Å². The van der Waals surface area contributed by atoms with Gasteiger partial charge in [-0.15, -0.1) is 24.8 Å². The predicted octanol–water partition coefficient (Wildman–Crippen LogP) is 0.363. The number of rotatable bonds is 1. The maximum atomic E-state index is 3.19. The summed E-state index contributed by atoms with van der Waals surface area (Å²) in [5.74, 6) is 0. The number of nitrogens with zero attached hydrogens (tertiary/aromatic N) is 1. The maximum Gasteiger partial charge on any atom is 0.0319 e. The van der Waals surface area contributed by atoms with Crippen molar-refractivity contribution in [3.8, 4) is 0 Å². The molecule has 0 amide bonds. The summed E-state index contributed by atoms with van der Waals surface area (Å²) in [6.07, 6.45) is 0. The Morgan fingerprint density at radius 3 is 1.89 bits per heavy atom. The van der Waals surface area contributed by atoms with E-state index in [-0.39, 0.29) is 24.8 Å². The van der Waals surface area contributed by atoms with Gasteiger partial charge in [-0.2, -0.15) is 0 Å². The van der Waals surface area contributed by atoms with Crippen LogP contribution in [0.3, 0.4) is 0 Å². The number of likely N-dealkylation sites (tertiary alicyclic amines) is 1. The highest BCUT2D eigenvalue weighted by Gasteiger charge is 2.19. The van der Waals surface area contributed by atoms with Gasteiger partial charge in [0, 0.05) is 19.1 Å². The van der Waals surface area contributed by atoms with Crippen molar-refractivity contribution in [3.63, 3.8) is 0 Å². The number of likely N-dealkylation sites (N-methyl/N-ethyl adjacent to an activating group) is 2. The second-order valence-corrected chi connectivity index (χ2v) is 2.21. The first-order chi connectivity index (χ1) is 3.33. The summed E-state index contributed by atoms with van der Waals surface area (Å²) in [6, 6.07) is 0.769. The Labute approximate surface area is 68.8 Å². The van der Waals surface area contributed by atoms with Gasteiger partial charge in [-0.1, -0.05) is 0 Å². The van der Waals surface area contributed by atoms with Gasteiger partial charge < -0.3 is 10.2 Å². The van der Waals surface area contributed by atoms with Crippen LogP contribution < -0.4 is 5.32 Å². The Morgan fingerprint density at radius 1 is 1.33 bits per heavy atom. The standard InChI is InChI=1S/C5H12N2.2ClH/c1-6-5-3-7(2)4-5;;/h5-6H,3-4H2,1-2H3;2*1H. The molecule has 0 radical (unpaired) electrons. The lowest BCUT2D eigenvalue weighted by Crippen LogP contribution is -2.54. The lowest BCUT2D eigenvalue weighted by atomic mass is 10.1. The molecule has 2 nitrogen and oxygen atoms in total. The third-order valence-corrected chi connectivity index (χ3v) is 1.47. The van der Waals surface area contributed by atoms with E-state index < -0.39 is 0 Å². The van der Waals surface area contributed by atoms with E-state index in [1.165, 1.54) is 13.1 Å². The van der Waals surface area contributed by atoms with E-state index >= 15 is 0 Å². The molecule has 1 heterocycles. The van der Waals surface area contributed by atoms with Crippen molar-refractivity contribution < 1.29 is 0 Å². The molecule has 1 saturated heterocycles. The normalized spacial score (nSPS) is 19.3. The molecule has 0 spiro atoms. The number of hydrogen-bond acceptors (Lipinski definition) is 2. The van der Waals surface area contributed by atoms with Gasteiger partial charge in [0.1, 0.15) is 0 Å². The van der Waals surface area contributed by atoms with E-state index in [1.54, 1.807) is 0 Å². The molecule has 1 aliphatic rings. The summed E-state index contributed by atoms with van der Waals surface area (Å²) < 4.78 is 0. The van der Waals surface area contributed by atoms with Gasteiger partial charge in [0.25, 0.3) is 0 Å². The van der Waals surface area contributed by atoms with Crippen LogP contribution in [0.25, 0.3) is 0 Å². The van der Waals surface area contributed by atoms with Gasteiger partial charge in [0.2, 0.25) is 0 Å². The number of halogens is 2.